The van der Waals surface area contributed by atoms with Gasteiger partial charge in [-0.15, -0.1) is 11.3 Å². The summed E-state index contributed by atoms with van der Waals surface area (Å²) in [5.41, 5.74) is 0.00642. The highest BCUT2D eigenvalue weighted by Gasteiger charge is 2.32. The molecule has 0 unspecified atom stereocenters. The van der Waals surface area contributed by atoms with Gasteiger partial charge >= 0.3 is 5.97 Å². The van der Waals surface area contributed by atoms with Crippen molar-refractivity contribution in [1.82, 2.24) is 19.9 Å². The Kier molecular flexibility index (Phi) is 5.80. The molecule has 158 valence electrons. The number of methoxy groups -OCH3 is 1. The molecule has 1 aliphatic rings. The third-order valence-electron chi connectivity index (χ3n) is 5.22. The van der Waals surface area contributed by atoms with Gasteiger partial charge in [0.2, 0.25) is 5.43 Å². The second-order valence-corrected chi connectivity index (χ2v) is 7.76. The molecule has 10 heteroatoms. The molecule has 0 radical (unpaired) electrons. The molecule has 3 aromatic heterocycles. The Labute approximate surface area is 177 Å². The quantitative estimate of drug-likeness (QED) is 0.588. The van der Waals surface area contributed by atoms with E-state index in [-0.39, 0.29) is 24.3 Å². The lowest BCUT2D eigenvalue weighted by Gasteiger charge is -2.18. The van der Waals surface area contributed by atoms with Crippen molar-refractivity contribution in [2.75, 3.05) is 38.8 Å². The molecule has 1 saturated heterocycles. The van der Waals surface area contributed by atoms with E-state index in [1.165, 1.54) is 17.5 Å². The largest absolute Gasteiger partial charge is 0.462 e. The number of pyridine rings is 2. The van der Waals surface area contributed by atoms with Gasteiger partial charge in [0.1, 0.15) is 11.4 Å². The summed E-state index contributed by atoms with van der Waals surface area (Å²) in [5.74, 6) is 0.0778. The number of hydrogen-bond donors (Lipinski definition) is 1. The Morgan fingerprint density at radius 2 is 2.20 bits per heavy atom. The van der Waals surface area contributed by atoms with E-state index in [0.717, 1.165) is 12.4 Å². The number of fused-ring (bicyclic) bond motifs is 1. The normalized spacial score (nSPS) is 18.8. The second kappa shape index (κ2) is 8.50. The van der Waals surface area contributed by atoms with Crippen LogP contribution in [0.25, 0.3) is 16.2 Å². The fourth-order valence-corrected chi connectivity index (χ4v) is 4.30. The predicted octanol–water partition coefficient (Wildman–Crippen LogP) is 1.44. The van der Waals surface area contributed by atoms with Crippen molar-refractivity contribution in [2.24, 2.45) is 0 Å². The molecule has 0 aromatic carbocycles. The third-order valence-corrected chi connectivity index (χ3v) is 5.99. The van der Waals surface area contributed by atoms with E-state index >= 15 is 0 Å². The van der Waals surface area contributed by atoms with Crippen molar-refractivity contribution < 1.29 is 14.3 Å². The van der Waals surface area contributed by atoms with Gasteiger partial charge in [-0.25, -0.2) is 14.8 Å². The zero-order valence-corrected chi connectivity index (χ0v) is 17.8. The van der Waals surface area contributed by atoms with Gasteiger partial charge in [-0.1, -0.05) is 0 Å². The highest BCUT2D eigenvalue weighted by Crippen LogP contribution is 2.24. The predicted molar refractivity (Wildman–Crippen MR) is 115 cm³/mol. The van der Waals surface area contributed by atoms with Gasteiger partial charge in [0.05, 0.1) is 24.1 Å². The number of ether oxygens (including phenoxy) is 2. The fourth-order valence-electron chi connectivity index (χ4n) is 3.68. The van der Waals surface area contributed by atoms with Gasteiger partial charge in [0, 0.05) is 38.0 Å². The molecule has 3 aromatic rings. The molecular formula is C20H23N5O4S. The van der Waals surface area contributed by atoms with Crippen LogP contribution < -0.4 is 15.6 Å². The molecular weight excluding hydrogens is 406 g/mol. The van der Waals surface area contributed by atoms with E-state index in [0.29, 0.717) is 22.7 Å². The number of carbonyl (C=O) groups excluding carboxylic acids is 1. The maximum atomic E-state index is 13.0. The van der Waals surface area contributed by atoms with Crippen LogP contribution >= 0.6 is 11.3 Å². The van der Waals surface area contributed by atoms with E-state index in [1.807, 2.05) is 12.4 Å². The molecule has 4 rings (SSSR count). The Balaban J connectivity index is 1.85. The van der Waals surface area contributed by atoms with E-state index in [4.69, 9.17) is 14.5 Å². The molecule has 0 bridgehead atoms. The van der Waals surface area contributed by atoms with Gasteiger partial charge in [-0.2, -0.15) is 0 Å². The van der Waals surface area contributed by atoms with Crippen LogP contribution in [0.15, 0.2) is 34.7 Å². The van der Waals surface area contributed by atoms with Crippen molar-refractivity contribution in [3.63, 3.8) is 0 Å². The van der Waals surface area contributed by atoms with Gasteiger partial charge in [0.25, 0.3) is 0 Å². The molecule has 1 aliphatic heterocycles. The van der Waals surface area contributed by atoms with Crippen LogP contribution in [0, 0.1) is 0 Å². The Hall–Kier alpha value is -2.82. The minimum absolute atomic E-state index is 0.0371. The van der Waals surface area contributed by atoms with E-state index < -0.39 is 11.4 Å². The smallest absolute Gasteiger partial charge is 0.343 e. The third kappa shape index (κ3) is 3.57. The Morgan fingerprint density at radius 1 is 1.37 bits per heavy atom. The average molecular weight is 430 g/mol. The molecule has 30 heavy (non-hydrogen) atoms. The number of aromatic nitrogens is 3. The summed E-state index contributed by atoms with van der Waals surface area (Å²) in [7, 11) is 3.61. The van der Waals surface area contributed by atoms with Gasteiger partial charge in [0.15, 0.2) is 10.8 Å². The molecule has 4 heterocycles. The number of rotatable bonds is 6. The van der Waals surface area contributed by atoms with Crippen LogP contribution in [0.3, 0.4) is 0 Å². The Morgan fingerprint density at radius 3 is 2.83 bits per heavy atom. The summed E-state index contributed by atoms with van der Waals surface area (Å²) >= 11 is 1.39. The molecule has 1 fully saturated rings. The number of anilines is 1. The van der Waals surface area contributed by atoms with Gasteiger partial charge in [-0.05, 0) is 26.1 Å². The van der Waals surface area contributed by atoms with Crippen LogP contribution in [0.1, 0.15) is 17.3 Å². The summed E-state index contributed by atoms with van der Waals surface area (Å²) in [5, 5.41) is 6.05. The number of nitrogens with zero attached hydrogens (tertiary/aromatic N) is 4. The van der Waals surface area contributed by atoms with Gasteiger partial charge in [-0.3, -0.25) is 9.36 Å². The highest BCUT2D eigenvalue weighted by molar-refractivity contribution is 7.12. The zero-order chi connectivity index (χ0) is 21.3. The van der Waals surface area contributed by atoms with Crippen LogP contribution in [-0.2, 0) is 9.47 Å². The summed E-state index contributed by atoms with van der Waals surface area (Å²) in [4.78, 5) is 36.6. The Bertz CT molecular complexity index is 1100. The average Bonchev–Trinajstić information content (AvgIpc) is 3.43. The highest BCUT2D eigenvalue weighted by atomic mass is 32.1. The number of thiazole rings is 1. The van der Waals surface area contributed by atoms with E-state index in [1.54, 1.807) is 36.9 Å². The van der Waals surface area contributed by atoms with Crippen molar-refractivity contribution in [2.45, 2.75) is 19.1 Å². The first-order chi connectivity index (χ1) is 14.6. The molecule has 2 atom stereocenters. The maximum Gasteiger partial charge on any atom is 0.343 e. The summed E-state index contributed by atoms with van der Waals surface area (Å²) in [6.07, 6.45) is 3.18. The van der Waals surface area contributed by atoms with Crippen molar-refractivity contribution >= 4 is 34.2 Å². The van der Waals surface area contributed by atoms with Gasteiger partial charge < -0.3 is 19.7 Å². The molecule has 1 N–H and O–H groups in total. The van der Waals surface area contributed by atoms with E-state index in [9.17, 15) is 9.59 Å². The second-order valence-electron chi connectivity index (χ2n) is 6.89. The van der Waals surface area contributed by atoms with Crippen molar-refractivity contribution in [3.05, 3.63) is 45.7 Å². The monoisotopic (exact) mass is 429 g/mol. The van der Waals surface area contributed by atoms with E-state index in [2.05, 4.69) is 15.2 Å². The lowest BCUT2D eigenvalue weighted by Crippen LogP contribution is -2.37. The number of carbonyl (C=O) groups is 1. The SMILES string of the molecule is CCOC(=O)c1cn(-c2nccs2)c2nc(N3C[C@H](NC)[C@H](OC)C3)ccc2c1=O. The first-order valence-corrected chi connectivity index (χ1v) is 10.5. The van der Waals surface area contributed by atoms with Crippen LogP contribution in [0.4, 0.5) is 5.82 Å². The van der Waals surface area contributed by atoms with Crippen LogP contribution in [0.2, 0.25) is 0 Å². The topological polar surface area (TPSA) is 98.6 Å². The van der Waals surface area contributed by atoms with Crippen LogP contribution in [0.5, 0.6) is 0 Å². The first kappa shape index (κ1) is 20.5. The van der Waals surface area contributed by atoms with Crippen molar-refractivity contribution in [1.29, 1.82) is 0 Å². The number of hydrogen-bond acceptors (Lipinski definition) is 9. The fraction of sp³-hybridized carbons (Fsp3) is 0.400. The maximum absolute atomic E-state index is 13.0. The molecule has 0 amide bonds. The molecule has 0 spiro atoms. The molecule has 0 aliphatic carbocycles. The minimum atomic E-state index is -0.655. The van der Waals surface area contributed by atoms with Crippen molar-refractivity contribution in [3.8, 4) is 5.13 Å². The summed E-state index contributed by atoms with van der Waals surface area (Å²) in [6.45, 7) is 3.31. The zero-order valence-electron chi connectivity index (χ0n) is 17.0. The summed E-state index contributed by atoms with van der Waals surface area (Å²) in [6, 6.07) is 3.69. The summed E-state index contributed by atoms with van der Waals surface area (Å²) < 4.78 is 12.3. The molecule has 9 nitrogen and oxygen atoms in total. The number of nitrogens with one attached hydrogen (secondary N) is 1. The minimum Gasteiger partial charge on any atom is -0.462 e. The molecule has 0 saturated carbocycles. The van der Waals surface area contributed by atoms with Crippen LogP contribution in [-0.4, -0.2) is 66.5 Å². The lowest BCUT2D eigenvalue weighted by molar-refractivity contribution is 0.0524. The first-order valence-electron chi connectivity index (χ1n) is 9.65. The number of esters is 1. The number of likely N-dealkylation sites (N-methyl/N-ethyl adjacent to an activating group) is 1. The standard InChI is InChI=1S/C20H23N5O4S/c1-4-29-19(27)13-9-25(20-22-7-8-30-20)18-12(17(13)26)5-6-16(23-18)24-10-14(21-2)15(11-24)28-3/h5-9,14-15,21H,4,10-11H2,1-3H3/t14-,15+/m0/s1. The lowest BCUT2D eigenvalue weighted by atomic mass is 10.2.